The van der Waals surface area contributed by atoms with Gasteiger partial charge in [-0.25, -0.2) is 4.79 Å². The number of hydrogen-bond donors (Lipinski definition) is 3. The Morgan fingerprint density at radius 1 is 1.06 bits per heavy atom. The number of nitrogens with one attached hydrogen (secondary N) is 3. The van der Waals surface area contributed by atoms with Gasteiger partial charge in [-0.2, -0.15) is 0 Å². The number of ether oxygens (including phenoxy) is 1. The predicted octanol–water partition coefficient (Wildman–Crippen LogP) is 2.26. The van der Waals surface area contributed by atoms with Crippen LogP contribution in [0.2, 0.25) is 0 Å². The van der Waals surface area contributed by atoms with Gasteiger partial charge in [0.25, 0.3) is 0 Å². The van der Waals surface area contributed by atoms with Gasteiger partial charge in [0.1, 0.15) is 23.7 Å². The Bertz CT molecular complexity index is 727. The van der Waals surface area contributed by atoms with Crippen LogP contribution >= 0.6 is 0 Å². The molecule has 4 amide bonds. The lowest BCUT2D eigenvalue weighted by Gasteiger charge is -2.35. The third kappa shape index (κ3) is 7.75. The first kappa shape index (κ1) is 26.7. The van der Waals surface area contributed by atoms with Crippen molar-refractivity contribution >= 4 is 23.8 Å². The lowest BCUT2D eigenvalue weighted by molar-refractivity contribution is -0.142. The molecule has 2 aliphatic rings. The highest BCUT2D eigenvalue weighted by Gasteiger charge is 2.41. The average molecular weight is 465 g/mol. The average Bonchev–Trinajstić information content (AvgIpc) is 3.25. The number of nitrogens with zero attached hydrogens (tertiary/aromatic N) is 1. The van der Waals surface area contributed by atoms with E-state index in [1.807, 2.05) is 0 Å². The Kier molecular flexibility index (Phi) is 9.73. The molecule has 0 aromatic rings. The van der Waals surface area contributed by atoms with Gasteiger partial charge in [-0.15, -0.1) is 6.58 Å². The number of carbonyl (C=O) groups is 4. The maximum atomic E-state index is 13.6. The number of likely N-dealkylation sites (N-methyl/N-ethyl adjacent to an activating group) is 1. The fourth-order valence-corrected chi connectivity index (χ4v) is 4.61. The Balaban J connectivity index is 2.17. The van der Waals surface area contributed by atoms with Crippen LogP contribution in [0.3, 0.4) is 0 Å². The van der Waals surface area contributed by atoms with Crippen LogP contribution in [0.4, 0.5) is 4.79 Å². The van der Waals surface area contributed by atoms with Crippen LogP contribution in [0.5, 0.6) is 0 Å². The molecule has 1 saturated carbocycles. The van der Waals surface area contributed by atoms with E-state index in [2.05, 4.69) is 22.5 Å². The van der Waals surface area contributed by atoms with E-state index in [0.29, 0.717) is 19.4 Å². The van der Waals surface area contributed by atoms with Crippen molar-refractivity contribution in [3.05, 3.63) is 12.7 Å². The second-order valence-corrected chi connectivity index (χ2v) is 9.91. The van der Waals surface area contributed by atoms with Gasteiger partial charge >= 0.3 is 6.09 Å². The standard InChI is InChI=1S/C24H40N4O5/c1-6-11-17(20(29)25-5)26-21(30)18-14-10-15-28(18)22(31)19(16-12-8-7-9-13-16)27-23(32)33-24(2,3)4/h6,16-19H,1,7-15H2,2-5H3,(H,25,29)(H,26,30)(H,27,32). The predicted molar refractivity (Wildman–Crippen MR) is 125 cm³/mol. The Hall–Kier alpha value is -2.58. The van der Waals surface area contributed by atoms with Gasteiger partial charge in [0.2, 0.25) is 17.7 Å². The van der Waals surface area contributed by atoms with Gasteiger partial charge in [0.15, 0.2) is 0 Å². The van der Waals surface area contributed by atoms with Crippen LogP contribution in [0.1, 0.15) is 72.1 Å². The number of hydrogen-bond acceptors (Lipinski definition) is 5. The van der Waals surface area contributed by atoms with E-state index >= 15 is 0 Å². The molecule has 0 aromatic heterocycles. The van der Waals surface area contributed by atoms with E-state index in [9.17, 15) is 19.2 Å². The van der Waals surface area contributed by atoms with E-state index in [1.54, 1.807) is 31.7 Å². The van der Waals surface area contributed by atoms with Crippen molar-refractivity contribution in [1.29, 1.82) is 0 Å². The molecule has 33 heavy (non-hydrogen) atoms. The maximum absolute atomic E-state index is 13.6. The van der Waals surface area contributed by atoms with Crippen LogP contribution < -0.4 is 16.0 Å². The van der Waals surface area contributed by atoms with Crippen LogP contribution in [-0.2, 0) is 19.1 Å². The highest BCUT2D eigenvalue weighted by Crippen LogP contribution is 2.29. The molecule has 1 saturated heterocycles. The van der Waals surface area contributed by atoms with E-state index < -0.39 is 29.8 Å². The minimum Gasteiger partial charge on any atom is -0.444 e. The fraction of sp³-hybridized carbons (Fsp3) is 0.750. The third-order valence-corrected chi connectivity index (χ3v) is 6.18. The largest absolute Gasteiger partial charge is 0.444 e. The van der Waals surface area contributed by atoms with E-state index in [4.69, 9.17) is 4.74 Å². The van der Waals surface area contributed by atoms with Crippen molar-refractivity contribution in [3.63, 3.8) is 0 Å². The number of likely N-dealkylation sites (tertiary alicyclic amines) is 1. The van der Waals surface area contributed by atoms with E-state index in [-0.39, 0.29) is 30.1 Å². The molecule has 0 spiro atoms. The Morgan fingerprint density at radius 3 is 2.30 bits per heavy atom. The number of amides is 4. The van der Waals surface area contributed by atoms with Crippen LogP contribution in [0.25, 0.3) is 0 Å². The lowest BCUT2D eigenvalue weighted by atomic mass is 9.83. The maximum Gasteiger partial charge on any atom is 0.408 e. The smallest absolute Gasteiger partial charge is 0.408 e. The van der Waals surface area contributed by atoms with Gasteiger partial charge in [0, 0.05) is 13.6 Å². The van der Waals surface area contributed by atoms with Gasteiger partial charge < -0.3 is 25.6 Å². The molecular weight excluding hydrogens is 424 g/mol. The quantitative estimate of drug-likeness (QED) is 0.477. The summed E-state index contributed by atoms with van der Waals surface area (Å²) in [7, 11) is 1.51. The monoisotopic (exact) mass is 464 g/mol. The molecule has 0 radical (unpaired) electrons. The molecule has 1 aliphatic carbocycles. The highest BCUT2D eigenvalue weighted by atomic mass is 16.6. The molecule has 1 aliphatic heterocycles. The molecule has 2 rings (SSSR count). The van der Waals surface area contributed by atoms with Crippen molar-refractivity contribution in [1.82, 2.24) is 20.9 Å². The summed E-state index contributed by atoms with van der Waals surface area (Å²) < 4.78 is 5.41. The third-order valence-electron chi connectivity index (χ3n) is 6.18. The van der Waals surface area contributed by atoms with Gasteiger partial charge in [0.05, 0.1) is 0 Å². The molecule has 186 valence electrons. The molecule has 2 fully saturated rings. The van der Waals surface area contributed by atoms with Gasteiger partial charge in [-0.3, -0.25) is 14.4 Å². The molecule has 3 unspecified atom stereocenters. The molecule has 9 heteroatoms. The van der Waals surface area contributed by atoms with E-state index in [0.717, 1.165) is 32.1 Å². The zero-order valence-electron chi connectivity index (χ0n) is 20.4. The summed E-state index contributed by atoms with van der Waals surface area (Å²) >= 11 is 0. The first-order valence-electron chi connectivity index (χ1n) is 12.0. The molecule has 1 heterocycles. The summed E-state index contributed by atoms with van der Waals surface area (Å²) in [6, 6.07) is -2.16. The SMILES string of the molecule is C=CCC(NC(=O)C1CCCN1C(=O)C(NC(=O)OC(C)(C)C)C1CCCCC1)C(=O)NC. The number of alkyl carbamates (subject to hydrolysis) is 1. The molecule has 0 aromatic carbocycles. The second-order valence-electron chi connectivity index (χ2n) is 9.91. The molecule has 9 nitrogen and oxygen atoms in total. The highest BCUT2D eigenvalue weighted by molar-refractivity contribution is 5.94. The van der Waals surface area contributed by atoms with E-state index in [1.165, 1.54) is 7.05 Å². The zero-order chi connectivity index (χ0) is 24.6. The summed E-state index contributed by atoms with van der Waals surface area (Å²) in [6.45, 7) is 9.40. The van der Waals surface area contributed by atoms with Gasteiger partial charge in [-0.1, -0.05) is 25.3 Å². The minimum atomic E-state index is -0.744. The van der Waals surface area contributed by atoms with Crippen molar-refractivity contribution in [2.45, 2.75) is 95.9 Å². The minimum absolute atomic E-state index is 0.00228. The summed E-state index contributed by atoms with van der Waals surface area (Å²) in [5.74, 6) is -0.935. The Labute approximate surface area is 197 Å². The number of rotatable bonds is 8. The fourth-order valence-electron chi connectivity index (χ4n) is 4.61. The summed E-state index contributed by atoms with van der Waals surface area (Å²) in [5.41, 5.74) is -0.680. The normalized spacial score (nSPS) is 21.0. The lowest BCUT2D eigenvalue weighted by Crippen LogP contribution is -2.58. The van der Waals surface area contributed by atoms with Crippen molar-refractivity contribution in [3.8, 4) is 0 Å². The van der Waals surface area contributed by atoms with Crippen LogP contribution in [0, 0.1) is 5.92 Å². The zero-order valence-corrected chi connectivity index (χ0v) is 20.4. The van der Waals surface area contributed by atoms with Crippen molar-refractivity contribution in [2.24, 2.45) is 5.92 Å². The van der Waals surface area contributed by atoms with Crippen LogP contribution in [0.15, 0.2) is 12.7 Å². The molecule has 3 atom stereocenters. The summed E-state index contributed by atoms with van der Waals surface area (Å²) in [6.07, 6.45) is 7.23. The molecule has 3 N–H and O–H groups in total. The topological polar surface area (TPSA) is 117 Å². The molecule has 0 bridgehead atoms. The summed E-state index contributed by atoms with van der Waals surface area (Å²) in [4.78, 5) is 52.9. The van der Waals surface area contributed by atoms with Crippen molar-refractivity contribution in [2.75, 3.05) is 13.6 Å². The second kappa shape index (κ2) is 12.0. The first-order valence-corrected chi connectivity index (χ1v) is 12.0. The Morgan fingerprint density at radius 2 is 1.73 bits per heavy atom. The van der Waals surface area contributed by atoms with Crippen molar-refractivity contribution < 1.29 is 23.9 Å². The number of carbonyl (C=O) groups excluding carboxylic acids is 4. The first-order chi connectivity index (χ1) is 15.6. The van der Waals surface area contributed by atoms with Crippen LogP contribution in [-0.4, -0.2) is 66.0 Å². The van der Waals surface area contributed by atoms with Gasteiger partial charge in [-0.05, 0) is 58.8 Å². The summed E-state index contributed by atoms with van der Waals surface area (Å²) in [5, 5.41) is 8.10. The molecular formula is C24H40N4O5.